The third-order valence-corrected chi connectivity index (χ3v) is 5.63. The van der Waals surface area contributed by atoms with Gasteiger partial charge in [-0.05, 0) is 56.6 Å². The van der Waals surface area contributed by atoms with Crippen LogP contribution in [0.4, 0.5) is 0 Å². The quantitative estimate of drug-likeness (QED) is 0.550. The van der Waals surface area contributed by atoms with E-state index in [4.69, 9.17) is 0 Å². The number of thiol groups is 1. The molecule has 4 nitrogen and oxygen atoms in total. The fourth-order valence-corrected chi connectivity index (χ4v) is 3.83. The number of piperidine rings is 1. The van der Waals surface area contributed by atoms with Gasteiger partial charge in [0.2, 0.25) is 0 Å². The number of rotatable bonds is 6. The molecule has 1 aromatic carbocycles. The summed E-state index contributed by atoms with van der Waals surface area (Å²) in [4.78, 5) is 1.16. The van der Waals surface area contributed by atoms with Gasteiger partial charge < -0.3 is 10.6 Å². The van der Waals surface area contributed by atoms with Crippen molar-refractivity contribution in [3.8, 4) is 0 Å². The number of hydrogen-bond donors (Lipinski definition) is 3. The largest absolute Gasteiger partial charge is 0.315 e. The van der Waals surface area contributed by atoms with Gasteiger partial charge in [-0.2, -0.15) is 0 Å². The molecule has 112 valence electrons. The first-order chi connectivity index (χ1) is 9.58. The van der Waals surface area contributed by atoms with Crippen molar-refractivity contribution in [2.24, 2.45) is 0 Å². The van der Waals surface area contributed by atoms with E-state index in [1.165, 1.54) is 12.8 Å². The van der Waals surface area contributed by atoms with E-state index in [0.29, 0.717) is 17.4 Å². The summed E-state index contributed by atoms with van der Waals surface area (Å²) < 4.78 is 24.3. The maximum atomic E-state index is 12.1. The van der Waals surface area contributed by atoms with Gasteiger partial charge in [0, 0.05) is 17.5 Å². The molecular weight excluding hydrogens is 292 g/mol. The van der Waals surface area contributed by atoms with E-state index < -0.39 is 9.84 Å². The SMILES string of the molecule is O=S(=O)(CCCNC1CCCNC1)c1ccc(S)cc1. The van der Waals surface area contributed by atoms with Gasteiger partial charge in [-0.15, -0.1) is 12.6 Å². The standard InChI is InChI=1S/C14H22N2O2S2/c17-20(18,14-6-4-13(19)5-7-14)10-2-9-16-12-3-1-8-15-11-12/h4-7,12,15-16,19H,1-3,8-11H2. The van der Waals surface area contributed by atoms with Crippen molar-refractivity contribution in [1.82, 2.24) is 10.6 Å². The Labute approximate surface area is 126 Å². The lowest BCUT2D eigenvalue weighted by molar-refractivity contribution is 0.391. The molecule has 1 aliphatic rings. The third kappa shape index (κ3) is 4.77. The molecule has 1 aromatic rings. The molecule has 0 amide bonds. The first-order valence-corrected chi connectivity index (χ1v) is 9.14. The molecule has 2 rings (SSSR count). The fraction of sp³-hybridized carbons (Fsp3) is 0.571. The van der Waals surface area contributed by atoms with E-state index in [0.717, 1.165) is 24.5 Å². The highest BCUT2D eigenvalue weighted by Crippen LogP contribution is 2.15. The van der Waals surface area contributed by atoms with Gasteiger partial charge in [0.05, 0.1) is 10.6 Å². The molecule has 1 saturated heterocycles. The van der Waals surface area contributed by atoms with Crippen molar-refractivity contribution in [3.05, 3.63) is 24.3 Å². The first kappa shape index (κ1) is 15.8. The zero-order valence-corrected chi connectivity index (χ0v) is 13.2. The Morgan fingerprint density at radius 2 is 2.05 bits per heavy atom. The summed E-state index contributed by atoms with van der Waals surface area (Å²) in [6, 6.07) is 7.14. The van der Waals surface area contributed by atoms with Crippen LogP contribution in [-0.4, -0.2) is 39.8 Å². The molecule has 1 fully saturated rings. The summed E-state index contributed by atoms with van der Waals surface area (Å²) in [6.45, 7) is 2.82. The van der Waals surface area contributed by atoms with E-state index in [2.05, 4.69) is 23.3 Å². The van der Waals surface area contributed by atoms with Crippen LogP contribution in [0.3, 0.4) is 0 Å². The van der Waals surface area contributed by atoms with E-state index in [9.17, 15) is 8.42 Å². The molecule has 1 unspecified atom stereocenters. The fourth-order valence-electron chi connectivity index (χ4n) is 2.37. The molecule has 1 heterocycles. The van der Waals surface area contributed by atoms with Crippen LogP contribution in [0.15, 0.2) is 34.1 Å². The minimum absolute atomic E-state index is 0.187. The van der Waals surface area contributed by atoms with Crippen molar-refractivity contribution in [2.75, 3.05) is 25.4 Å². The van der Waals surface area contributed by atoms with Crippen molar-refractivity contribution < 1.29 is 8.42 Å². The van der Waals surface area contributed by atoms with Gasteiger partial charge in [-0.3, -0.25) is 0 Å². The van der Waals surface area contributed by atoms with Gasteiger partial charge in [-0.25, -0.2) is 8.42 Å². The Hall–Kier alpha value is -0.560. The second-order valence-corrected chi connectivity index (χ2v) is 7.79. The highest BCUT2D eigenvalue weighted by molar-refractivity contribution is 7.91. The van der Waals surface area contributed by atoms with E-state index in [1.807, 2.05) is 0 Å². The third-order valence-electron chi connectivity index (χ3n) is 3.52. The number of nitrogens with one attached hydrogen (secondary N) is 2. The van der Waals surface area contributed by atoms with Crippen LogP contribution in [0.1, 0.15) is 19.3 Å². The van der Waals surface area contributed by atoms with Gasteiger partial charge in [0.15, 0.2) is 9.84 Å². The lowest BCUT2D eigenvalue weighted by atomic mass is 10.1. The van der Waals surface area contributed by atoms with Gasteiger partial charge >= 0.3 is 0 Å². The van der Waals surface area contributed by atoms with Crippen LogP contribution in [0, 0.1) is 0 Å². The maximum Gasteiger partial charge on any atom is 0.178 e. The first-order valence-electron chi connectivity index (χ1n) is 7.04. The molecule has 0 bridgehead atoms. The lowest BCUT2D eigenvalue weighted by Crippen LogP contribution is -2.43. The summed E-state index contributed by atoms with van der Waals surface area (Å²) in [6.07, 6.45) is 3.00. The summed E-state index contributed by atoms with van der Waals surface area (Å²) in [5.74, 6) is 0.187. The second kappa shape index (κ2) is 7.45. The van der Waals surface area contributed by atoms with E-state index in [1.54, 1.807) is 24.3 Å². The van der Waals surface area contributed by atoms with Crippen LogP contribution in [-0.2, 0) is 9.84 Å². The van der Waals surface area contributed by atoms with Crippen LogP contribution >= 0.6 is 12.6 Å². The molecule has 0 saturated carbocycles. The Kier molecular flexibility index (Phi) is 5.89. The summed E-state index contributed by atoms with van der Waals surface area (Å²) in [7, 11) is -3.17. The maximum absolute atomic E-state index is 12.1. The molecule has 0 aliphatic carbocycles. The van der Waals surface area contributed by atoms with Crippen molar-refractivity contribution in [3.63, 3.8) is 0 Å². The van der Waals surface area contributed by atoms with Crippen LogP contribution in [0.5, 0.6) is 0 Å². The lowest BCUT2D eigenvalue weighted by Gasteiger charge is -2.23. The molecule has 20 heavy (non-hydrogen) atoms. The van der Waals surface area contributed by atoms with Crippen LogP contribution in [0.2, 0.25) is 0 Å². The van der Waals surface area contributed by atoms with Gasteiger partial charge in [0.1, 0.15) is 0 Å². The normalized spacial score (nSPS) is 19.9. The number of sulfone groups is 1. The molecule has 0 aromatic heterocycles. The monoisotopic (exact) mass is 314 g/mol. The Balaban J connectivity index is 1.76. The Morgan fingerprint density at radius 3 is 2.70 bits per heavy atom. The minimum atomic E-state index is -3.17. The number of benzene rings is 1. The van der Waals surface area contributed by atoms with E-state index >= 15 is 0 Å². The zero-order chi connectivity index (χ0) is 14.4. The van der Waals surface area contributed by atoms with Crippen LogP contribution in [0.25, 0.3) is 0 Å². The topological polar surface area (TPSA) is 58.2 Å². The molecule has 1 atom stereocenters. The predicted molar refractivity (Wildman–Crippen MR) is 84.3 cm³/mol. The van der Waals surface area contributed by atoms with Crippen LogP contribution < -0.4 is 10.6 Å². The summed E-state index contributed by atoms with van der Waals surface area (Å²) >= 11 is 4.16. The smallest absolute Gasteiger partial charge is 0.178 e. The molecule has 2 N–H and O–H groups in total. The highest BCUT2D eigenvalue weighted by Gasteiger charge is 2.15. The summed E-state index contributed by atoms with van der Waals surface area (Å²) in [5.41, 5.74) is 0. The molecule has 0 radical (unpaired) electrons. The minimum Gasteiger partial charge on any atom is -0.315 e. The Morgan fingerprint density at radius 1 is 1.30 bits per heavy atom. The Bertz CT molecular complexity index is 508. The second-order valence-electron chi connectivity index (χ2n) is 5.16. The van der Waals surface area contributed by atoms with Gasteiger partial charge in [0.25, 0.3) is 0 Å². The average molecular weight is 314 g/mol. The molecular formula is C14H22N2O2S2. The summed E-state index contributed by atoms with van der Waals surface area (Å²) in [5, 5.41) is 6.75. The van der Waals surface area contributed by atoms with Crippen molar-refractivity contribution in [1.29, 1.82) is 0 Å². The molecule has 0 spiro atoms. The average Bonchev–Trinajstić information content (AvgIpc) is 2.45. The van der Waals surface area contributed by atoms with Crippen molar-refractivity contribution in [2.45, 2.75) is 35.1 Å². The highest BCUT2D eigenvalue weighted by atomic mass is 32.2. The molecule has 1 aliphatic heterocycles. The van der Waals surface area contributed by atoms with Crippen molar-refractivity contribution >= 4 is 22.5 Å². The van der Waals surface area contributed by atoms with E-state index in [-0.39, 0.29) is 5.75 Å². The zero-order valence-electron chi connectivity index (χ0n) is 11.5. The predicted octanol–water partition coefficient (Wildman–Crippen LogP) is 1.48. The molecule has 6 heteroatoms. The van der Waals surface area contributed by atoms with Gasteiger partial charge in [-0.1, -0.05) is 0 Å². The number of hydrogen-bond acceptors (Lipinski definition) is 5.